The predicted molar refractivity (Wildman–Crippen MR) is 145 cm³/mol. The van der Waals surface area contributed by atoms with Gasteiger partial charge in [-0.05, 0) is 84.9 Å². The van der Waals surface area contributed by atoms with Crippen LogP contribution in [0.5, 0.6) is 0 Å². The number of carbonyl (C=O) groups is 2. The molecule has 5 aliphatic rings. The van der Waals surface area contributed by atoms with E-state index in [0.717, 1.165) is 24.8 Å². The van der Waals surface area contributed by atoms with Crippen LogP contribution in [0, 0.1) is 63.6 Å². The summed E-state index contributed by atoms with van der Waals surface area (Å²) in [6.07, 6.45) is 5.18. The molecule has 5 rings (SSSR count). The molecule has 0 aliphatic heterocycles. The number of rotatable bonds is 6. The van der Waals surface area contributed by atoms with Gasteiger partial charge in [0.25, 0.3) is 0 Å². The number of aliphatic carboxylic acids is 1. The Morgan fingerprint density at radius 2 is 1.74 bits per heavy atom. The minimum Gasteiger partial charge on any atom is -0.481 e. The molecule has 6 heteroatoms. The summed E-state index contributed by atoms with van der Waals surface area (Å²) >= 11 is 0. The smallest absolute Gasteiger partial charge is 0.310 e. The minimum absolute atomic E-state index is 0.00129. The third kappa shape index (κ3) is 3.86. The van der Waals surface area contributed by atoms with Crippen LogP contribution in [0.2, 0.25) is 0 Å². The van der Waals surface area contributed by atoms with Gasteiger partial charge in [0, 0.05) is 25.2 Å². The lowest BCUT2D eigenvalue weighted by atomic mass is 9.45. The monoisotopic (exact) mass is 530 g/mol. The van der Waals surface area contributed by atoms with E-state index in [2.05, 4.69) is 47.6 Å². The van der Waals surface area contributed by atoms with Crippen molar-refractivity contribution in [2.75, 3.05) is 0 Å². The Morgan fingerprint density at radius 3 is 2.34 bits per heavy atom. The fourth-order valence-corrected chi connectivity index (χ4v) is 10.7. The third-order valence-electron chi connectivity index (χ3n) is 13.1. The summed E-state index contributed by atoms with van der Waals surface area (Å²) in [6.45, 7) is 15.1. The first kappa shape index (κ1) is 28.1. The van der Waals surface area contributed by atoms with Gasteiger partial charge in [-0.25, -0.2) is 0 Å². The molecule has 4 fully saturated rings. The zero-order valence-electron chi connectivity index (χ0n) is 24.4. The van der Waals surface area contributed by atoms with Crippen LogP contribution in [0.3, 0.4) is 0 Å². The van der Waals surface area contributed by atoms with Gasteiger partial charge in [-0.3, -0.25) is 9.59 Å². The Kier molecular flexibility index (Phi) is 6.91. The number of ether oxygens (including phenoxy) is 1. The van der Waals surface area contributed by atoms with Crippen LogP contribution in [0.15, 0.2) is 11.6 Å². The van der Waals surface area contributed by atoms with E-state index in [1.54, 1.807) is 0 Å². The Morgan fingerprint density at radius 1 is 1.05 bits per heavy atom. The van der Waals surface area contributed by atoms with Crippen molar-refractivity contribution in [3.8, 4) is 0 Å². The van der Waals surface area contributed by atoms with E-state index in [4.69, 9.17) is 4.74 Å². The van der Waals surface area contributed by atoms with Gasteiger partial charge >= 0.3 is 11.9 Å². The summed E-state index contributed by atoms with van der Waals surface area (Å²) in [5, 5.41) is 34.2. The predicted octanol–water partition coefficient (Wildman–Crippen LogP) is 5.46. The van der Waals surface area contributed by atoms with Gasteiger partial charge in [0.1, 0.15) is 6.10 Å². The molecule has 214 valence electrons. The van der Waals surface area contributed by atoms with E-state index < -0.39 is 29.0 Å². The second kappa shape index (κ2) is 9.33. The Bertz CT molecular complexity index is 1000. The second-order valence-electron chi connectivity index (χ2n) is 14.7. The minimum atomic E-state index is -0.911. The van der Waals surface area contributed by atoms with Gasteiger partial charge in [0.15, 0.2) is 0 Å². The maximum Gasteiger partial charge on any atom is 0.310 e. The number of carbonyl (C=O) groups excluding carboxylic acids is 1. The summed E-state index contributed by atoms with van der Waals surface area (Å²) in [5.41, 5.74) is -0.215. The van der Waals surface area contributed by atoms with Crippen LogP contribution in [-0.2, 0) is 14.3 Å². The average molecular weight is 531 g/mol. The molecular formula is C32H50O6. The molecule has 0 aromatic rings. The number of carboxylic acid groups (broad SMARTS) is 1. The molecule has 0 aromatic heterocycles. The number of esters is 1. The molecule has 0 heterocycles. The van der Waals surface area contributed by atoms with Crippen molar-refractivity contribution in [3.05, 3.63) is 11.6 Å². The second-order valence-corrected chi connectivity index (χ2v) is 14.7. The highest BCUT2D eigenvalue weighted by molar-refractivity contribution is 5.76. The van der Waals surface area contributed by atoms with Crippen molar-refractivity contribution in [2.45, 2.75) is 112 Å². The van der Waals surface area contributed by atoms with Gasteiger partial charge in [0.2, 0.25) is 0 Å². The highest BCUT2D eigenvalue weighted by atomic mass is 16.5. The fraction of sp³-hybridized carbons (Fsp3) is 0.875. The summed E-state index contributed by atoms with van der Waals surface area (Å²) in [7, 11) is 0. The molecule has 3 N–H and O–H groups in total. The Balaban J connectivity index is 1.45. The summed E-state index contributed by atoms with van der Waals surface area (Å²) in [6, 6.07) is 0. The van der Waals surface area contributed by atoms with E-state index in [9.17, 15) is 24.9 Å². The van der Waals surface area contributed by atoms with E-state index in [0.29, 0.717) is 36.5 Å². The van der Waals surface area contributed by atoms with Crippen LogP contribution < -0.4 is 0 Å². The lowest BCUT2D eigenvalue weighted by Crippen LogP contribution is -2.62. The van der Waals surface area contributed by atoms with E-state index in [1.807, 2.05) is 0 Å². The standard InChI is InChI=1S/C32H50O6/c1-16(2)18(4)30(6)14-25(30)17(3)23-10-11-24-22-9-8-20-12-21(38-19(5)33)13-27(35)31(20,7)28(22)26(34)15-32(23,24)29(36)37/h8,16-18,21-28,34-35H,9-15H2,1-7H3,(H,36,37)/t17-,18+,21+,22-,23+,24-,25-,26+,27-,28+,30+,31+,32-/m0/s1. The lowest BCUT2D eigenvalue weighted by molar-refractivity contribution is -0.190. The van der Waals surface area contributed by atoms with Gasteiger partial charge in [-0.1, -0.05) is 53.2 Å². The number of aliphatic hydroxyl groups is 2. The van der Waals surface area contributed by atoms with Crippen LogP contribution >= 0.6 is 0 Å². The zero-order chi connectivity index (χ0) is 27.9. The van der Waals surface area contributed by atoms with Crippen molar-refractivity contribution in [1.82, 2.24) is 0 Å². The molecule has 0 aromatic carbocycles. The summed E-state index contributed by atoms with van der Waals surface area (Å²) in [4.78, 5) is 24.9. The number of allylic oxidation sites excluding steroid dienone is 1. The number of aliphatic hydroxyl groups excluding tert-OH is 2. The molecule has 38 heavy (non-hydrogen) atoms. The van der Waals surface area contributed by atoms with Gasteiger partial charge in [-0.2, -0.15) is 0 Å². The molecule has 0 spiro atoms. The maximum absolute atomic E-state index is 13.3. The first-order valence-corrected chi connectivity index (χ1v) is 15.2. The van der Waals surface area contributed by atoms with Gasteiger partial charge < -0.3 is 20.1 Å². The van der Waals surface area contributed by atoms with Crippen LogP contribution in [0.4, 0.5) is 0 Å². The molecule has 0 amide bonds. The first-order chi connectivity index (χ1) is 17.7. The SMILES string of the molecule is CC(=O)O[C@@H]1CC2=CC[C@@H]3[C@H]([C@H](O)C[C@]4(C(=O)O)[C@@H]([C@H](C)[C@@H]5C[C@]5(C)[C@H](C)C(C)C)CC[C@@H]34)[C@@]2(C)[C@@H](O)C1. The quantitative estimate of drug-likeness (QED) is 0.311. The highest BCUT2D eigenvalue weighted by Gasteiger charge is 2.70. The van der Waals surface area contributed by atoms with Crippen LogP contribution in [-0.4, -0.2) is 45.6 Å². The summed E-state index contributed by atoms with van der Waals surface area (Å²) in [5.74, 6) is 0.874. The van der Waals surface area contributed by atoms with Crippen molar-refractivity contribution >= 4 is 11.9 Å². The van der Waals surface area contributed by atoms with Crippen molar-refractivity contribution < 1.29 is 29.6 Å². The van der Waals surface area contributed by atoms with Crippen LogP contribution in [0.25, 0.3) is 0 Å². The van der Waals surface area contributed by atoms with E-state index in [1.165, 1.54) is 13.3 Å². The van der Waals surface area contributed by atoms with Gasteiger partial charge in [-0.15, -0.1) is 0 Å². The fourth-order valence-electron chi connectivity index (χ4n) is 10.7. The maximum atomic E-state index is 13.3. The molecule has 4 saturated carbocycles. The zero-order valence-corrected chi connectivity index (χ0v) is 24.4. The van der Waals surface area contributed by atoms with E-state index >= 15 is 0 Å². The number of hydrogen-bond acceptors (Lipinski definition) is 5. The van der Waals surface area contributed by atoms with Crippen molar-refractivity contribution in [1.29, 1.82) is 0 Å². The Labute approximate surface area is 228 Å². The third-order valence-corrected chi connectivity index (χ3v) is 13.1. The van der Waals surface area contributed by atoms with E-state index in [-0.39, 0.29) is 47.6 Å². The molecule has 0 radical (unpaired) electrons. The lowest BCUT2D eigenvalue weighted by Gasteiger charge is -2.60. The molecule has 6 nitrogen and oxygen atoms in total. The average Bonchev–Trinajstić information content (AvgIpc) is 3.36. The molecule has 5 aliphatic carbocycles. The highest BCUT2D eigenvalue weighted by Crippen LogP contribution is 2.71. The number of carboxylic acids is 1. The summed E-state index contributed by atoms with van der Waals surface area (Å²) < 4.78 is 5.47. The topological polar surface area (TPSA) is 104 Å². The molecular weight excluding hydrogens is 480 g/mol. The molecule has 0 saturated heterocycles. The van der Waals surface area contributed by atoms with Crippen molar-refractivity contribution in [3.63, 3.8) is 0 Å². The number of fused-ring (bicyclic) bond motifs is 5. The first-order valence-electron chi connectivity index (χ1n) is 15.2. The molecule has 0 bridgehead atoms. The molecule has 13 atom stereocenters. The Hall–Kier alpha value is -1.40. The van der Waals surface area contributed by atoms with Crippen molar-refractivity contribution in [2.24, 2.45) is 63.6 Å². The largest absolute Gasteiger partial charge is 0.481 e. The van der Waals surface area contributed by atoms with Gasteiger partial charge in [0.05, 0.1) is 17.6 Å². The molecule has 0 unspecified atom stereocenters. The number of hydrogen-bond donors (Lipinski definition) is 3. The normalized spacial score (nSPS) is 49.3. The van der Waals surface area contributed by atoms with Crippen LogP contribution in [0.1, 0.15) is 93.4 Å².